The van der Waals surface area contributed by atoms with E-state index in [1.165, 1.54) is 5.56 Å². The van der Waals surface area contributed by atoms with Gasteiger partial charge in [0.2, 0.25) is 5.91 Å². The zero-order valence-electron chi connectivity index (χ0n) is 12.5. The largest absolute Gasteiger partial charge is 0.481 e. The van der Waals surface area contributed by atoms with Gasteiger partial charge >= 0.3 is 5.97 Å². The van der Waals surface area contributed by atoms with E-state index in [0.29, 0.717) is 6.42 Å². The van der Waals surface area contributed by atoms with Crippen LogP contribution in [-0.4, -0.2) is 22.5 Å². The van der Waals surface area contributed by atoms with Crippen molar-refractivity contribution < 1.29 is 14.7 Å². The molecule has 114 valence electrons. The molecule has 0 bridgehead atoms. The maximum Gasteiger partial charge on any atom is 0.305 e. The van der Waals surface area contributed by atoms with E-state index < -0.39 is 11.5 Å². The summed E-state index contributed by atoms with van der Waals surface area (Å²) in [6.45, 7) is 2.07. The van der Waals surface area contributed by atoms with Crippen LogP contribution in [0.3, 0.4) is 0 Å². The number of hydrogen-bond donors (Lipinski definition) is 2. The van der Waals surface area contributed by atoms with E-state index >= 15 is 0 Å². The molecule has 0 saturated heterocycles. The molecule has 1 aromatic carbocycles. The second-order valence-corrected chi connectivity index (χ2v) is 5.91. The number of carboxylic acid groups (broad SMARTS) is 1. The number of carbonyl (C=O) groups is 2. The Hall–Kier alpha value is -1.84. The molecule has 0 unspecified atom stereocenters. The summed E-state index contributed by atoms with van der Waals surface area (Å²) in [4.78, 5) is 23.4. The zero-order valence-corrected chi connectivity index (χ0v) is 12.5. The molecule has 0 aliphatic heterocycles. The average molecular weight is 289 g/mol. The molecule has 1 amide bonds. The van der Waals surface area contributed by atoms with Crippen molar-refractivity contribution >= 4 is 11.9 Å². The summed E-state index contributed by atoms with van der Waals surface area (Å²) in [7, 11) is 0. The lowest BCUT2D eigenvalue weighted by molar-refractivity contribution is -0.139. The number of aliphatic carboxylic acids is 1. The van der Waals surface area contributed by atoms with E-state index in [1.807, 2.05) is 24.3 Å². The molecule has 0 heterocycles. The van der Waals surface area contributed by atoms with Gasteiger partial charge in [0.25, 0.3) is 0 Å². The van der Waals surface area contributed by atoms with Crippen LogP contribution in [0.5, 0.6) is 0 Å². The van der Waals surface area contributed by atoms with Crippen molar-refractivity contribution in [1.82, 2.24) is 5.32 Å². The minimum Gasteiger partial charge on any atom is -0.481 e. The van der Waals surface area contributed by atoms with Crippen LogP contribution < -0.4 is 5.32 Å². The quantitative estimate of drug-likeness (QED) is 0.846. The zero-order chi connectivity index (χ0) is 15.3. The predicted molar refractivity (Wildman–Crippen MR) is 81.1 cm³/mol. The molecule has 4 heteroatoms. The third-order valence-corrected chi connectivity index (χ3v) is 4.31. The number of carbonyl (C=O) groups excluding carboxylic acids is 1. The fourth-order valence-electron chi connectivity index (χ4n) is 3.28. The number of benzene rings is 1. The number of nitrogens with one attached hydrogen (secondary N) is 1. The lowest BCUT2D eigenvalue weighted by Gasteiger charge is -2.28. The Morgan fingerprint density at radius 2 is 1.81 bits per heavy atom. The number of amides is 1. The van der Waals surface area contributed by atoms with Crippen LogP contribution in [0.1, 0.15) is 50.2 Å². The molecular formula is C17H23NO3. The highest BCUT2D eigenvalue weighted by Crippen LogP contribution is 2.32. The molecule has 2 N–H and O–H groups in total. The van der Waals surface area contributed by atoms with Gasteiger partial charge in [-0.1, -0.05) is 44.0 Å². The molecule has 1 aromatic rings. The summed E-state index contributed by atoms with van der Waals surface area (Å²) in [6, 6.07) is 7.91. The van der Waals surface area contributed by atoms with Gasteiger partial charge < -0.3 is 10.4 Å². The van der Waals surface area contributed by atoms with Crippen LogP contribution in [0.15, 0.2) is 24.3 Å². The highest BCUT2D eigenvalue weighted by atomic mass is 16.4. The Labute approximate surface area is 125 Å². The van der Waals surface area contributed by atoms with Gasteiger partial charge in [-0.3, -0.25) is 9.59 Å². The lowest BCUT2D eigenvalue weighted by Crippen LogP contribution is -2.48. The molecule has 0 spiro atoms. The van der Waals surface area contributed by atoms with Gasteiger partial charge in [0.1, 0.15) is 0 Å². The summed E-state index contributed by atoms with van der Waals surface area (Å²) >= 11 is 0. The molecule has 0 atom stereocenters. The van der Waals surface area contributed by atoms with E-state index in [4.69, 9.17) is 5.11 Å². The maximum atomic E-state index is 12.3. The van der Waals surface area contributed by atoms with Crippen LogP contribution in [0.2, 0.25) is 0 Å². The first-order valence-corrected chi connectivity index (χ1v) is 7.64. The molecule has 0 aromatic heterocycles. The normalized spacial score (nSPS) is 16.6. The van der Waals surface area contributed by atoms with E-state index in [2.05, 4.69) is 12.2 Å². The summed E-state index contributed by atoms with van der Waals surface area (Å²) in [5.74, 6) is -0.912. The molecule has 1 aliphatic rings. The third-order valence-electron chi connectivity index (χ3n) is 4.31. The summed E-state index contributed by atoms with van der Waals surface area (Å²) in [6.07, 6.45) is 4.74. The van der Waals surface area contributed by atoms with Gasteiger partial charge in [-0.25, -0.2) is 0 Å². The fraction of sp³-hybridized carbons (Fsp3) is 0.529. The van der Waals surface area contributed by atoms with Crippen molar-refractivity contribution in [3.63, 3.8) is 0 Å². The SMILES string of the molecule is CCc1ccccc1CC(=O)NC1(CC(=O)O)CCCC1. The van der Waals surface area contributed by atoms with Gasteiger partial charge in [0, 0.05) is 0 Å². The Bertz CT molecular complexity index is 519. The van der Waals surface area contributed by atoms with Crippen molar-refractivity contribution in [2.75, 3.05) is 0 Å². The minimum atomic E-state index is -0.842. The van der Waals surface area contributed by atoms with Gasteiger partial charge in [-0.15, -0.1) is 0 Å². The van der Waals surface area contributed by atoms with Crippen molar-refractivity contribution in [3.8, 4) is 0 Å². The molecule has 4 nitrogen and oxygen atoms in total. The van der Waals surface area contributed by atoms with Crippen LogP contribution in [0.4, 0.5) is 0 Å². The van der Waals surface area contributed by atoms with E-state index in [-0.39, 0.29) is 12.3 Å². The van der Waals surface area contributed by atoms with Crippen molar-refractivity contribution in [2.24, 2.45) is 0 Å². The molecule has 0 radical (unpaired) electrons. The Kier molecular flexibility index (Phi) is 4.99. The van der Waals surface area contributed by atoms with E-state index in [9.17, 15) is 9.59 Å². The Balaban J connectivity index is 2.04. The number of aryl methyl sites for hydroxylation is 1. The Morgan fingerprint density at radius 3 is 2.38 bits per heavy atom. The molecule has 2 rings (SSSR count). The van der Waals surface area contributed by atoms with Gasteiger partial charge in [-0.2, -0.15) is 0 Å². The number of hydrogen-bond acceptors (Lipinski definition) is 2. The maximum absolute atomic E-state index is 12.3. The monoisotopic (exact) mass is 289 g/mol. The van der Waals surface area contributed by atoms with Crippen LogP contribution in [0.25, 0.3) is 0 Å². The van der Waals surface area contributed by atoms with Crippen molar-refractivity contribution in [3.05, 3.63) is 35.4 Å². The van der Waals surface area contributed by atoms with Crippen LogP contribution >= 0.6 is 0 Å². The lowest BCUT2D eigenvalue weighted by atomic mass is 9.92. The fourth-order valence-corrected chi connectivity index (χ4v) is 3.28. The smallest absolute Gasteiger partial charge is 0.305 e. The first kappa shape index (κ1) is 15.5. The molecule has 21 heavy (non-hydrogen) atoms. The molecule has 1 saturated carbocycles. The van der Waals surface area contributed by atoms with E-state index in [1.54, 1.807) is 0 Å². The number of rotatable bonds is 6. The standard InChI is InChI=1S/C17H23NO3/c1-2-13-7-3-4-8-14(13)11-15(19)18-17(12-16(20)21)9-5-6-10-17/h3-4,7-8H,2,5-6,9-12H2,1H3,(H,18,19)(H,20,21). The topological polar surface area (TPSA) is 66.4 Å². The second-order valence-electron chi connectivity index (χ2n) is 5.91. The first-order chi connectivity index (χ1) is 10.0. The molecular weight excluding hydrogens is 266 g/mol. The van der Waals surface area contributed by atoms with Crippen LogP contribution in [-0.2, 0) is 22.4 Å². The summed E-state index contributed by atoms with van der Waals surface area (Å²) in [5.41, 5.74) is 1.66. The second kappa shape index (κ2) is 6.74. The van der Waals surface area contributed by atoms with Crippen molar-refractivity contribution in [1.29, 1.82) is 0 Å². The predicted octanol–water partition coefficient (Wildman–Crippen LogP) is 2.70. The van der Waals surface area contributed by atoms with E-state index in [0.717, 1.165) is 37.7 Å². The molecule has 1 fully saturated rings. The summed E-state index contributed by atoms with van der Waals surface area (Å²) in [5, 5.41) is 12.1. The van der Waals surface area contributed by atoms with Gasteiger partial charge in [0.05, 0.1) is 18.4 Å². The van der Waals surface area contributed by atoms with Gasteiger partial charge in [-0.05, 0) is 30.4 Å². The Morgan fingerprint density at radius 1 is 1.19 bits per heavy atom. The molecule has 1 aliphatic carbocycles. The highest BCUT2D eigenvalue weighted by Gasteiger charge is 2.37. The highest BCUT2D eigenvalue weighted by molar-refractivity contribution is 5.81. The summed E-state index contributed by atoms with van der Waals surface area (Å²) < 4.78 is 0. The minimum absolute atomic E-state index is 0.0220. The van der Waals surface area contributed by atoms with Crippen LogP contribution in [0, 0.1) is 0 Å². The average Bonchev–Trinajstić information content (AvgIpc) is 2.86. The first-order valence-electron chi connectivity index (χ1n) is 7.64. The third kappa shape index (κ3) is 4.06. The van der Waals surface area contributed by atoms with Crippen molar-refractivity contribution in [2.45, 2.75) is 57.4 Å². The van der Waals surface area contributed by atoms with Gasteiger partial charge in [0.15, 0.2) is 0 Å². The number of carboxylic acids is 1.